The maximum absolute atomic E-state index is 11.9. The van der Waals surface area contributed by atoms with Crippen LogP contribution in [0.3, 0.4) is 0 Å². The third-order valence-electron chi connectivity index (χ3n) is 3.58. The van der Waals surface area contributed by atoms with Crippen molar-refractivity contribution in [2.75, 3.05) is 19.7 Å². The zero-order valence-electron chi connectivity index (χ0n) is 12.3. The van der Waals surface area contributed by atoms with Crippen molar-refractivity contribution in [3.05, 3.63) is 28.2 Å². The van der Waals surface area contributed by atoms with Crippen molar-refractivity contribution in [1.29, 1.82) is 0 Å². The summed E-state index contributed by atoms with van der Waals surface area (Å²) < 4.78 is 5.39. The van der Waals surface area contributed by atoms with Crippen molar-refractivity contribution in [3.8, 4) is 5.75 Å². The van der Waals surface area contributed by atoms with Gasteiger partial charge in [0.25, 0.3) is 5.91 Å². The Labute approximate surface area is 139 Å². The number of likely N-dealkylation sites (tertiary alicyclic amines) is 1. The van der Waals surface area contributed by atoms with Gasteiger partial charge in [-0.25, -0.2) is 0 Å². The first kappa shape index (κ1) is 16.9. The minimum atomic E-state index is -0.211. The van der Waals surface area contributed by atoms with Crippen molar-refractivity contribution in [3.63, 3.8) is 0 Å². The number of amides is 2. The monoisotopic (exact) mass is 344 g/mol. The van der Waals surface area contributed by atoms with Crippen LogP contribution in [0, 0.1) is 0 Å². The van der Waals surface area contributed by atoms with E-state index in [1.807, 2.05) is 0 Å². The molecule has 22 heavy (non-hydrogen) atoms. The lowest BCUT2D eigenvalue weighted by molar-refractivity contribution is -0.130. The van der Waals surface area contributed by atoms with E-state index < -0.39 is 0 Å². The Kier molecular flexibility index (Phi) is 5.91. The van der Waals surface area contributed by atoms with E-state index >= 15 is 0 Å². The second-order valence-corrected chi connectivity index (χ2v) is 5.97. The fourth-order valence-electron chi connectivity index (χ4n) is 2.35. The van der Waals surface area contributed by atoms with Gasteiger partial charge in [0.1, 0.15) is 10.8 Å². The first-order valence-electron chi connectivity index (χ1n) is 7.09. The lowest BCUT2D eigenvalue weighted by atomic mass is 10.1. The smallest absolute Gasteiger partial charge is 0.258 e. The molecule has 5 nitrogen and oxygen atoms in total. The third kappa shape index (κ3) is 4.52. The molecule has 1 aliphatic heterocycles. The fourth-order valence-corrected chi connectivity index (χ4v) is 2.69. The summed E-state index contributed by atoms with van der Waals surface area (Å²) in [6.07, 6.45) is 1.51. The predicted octanol–water partition coefficient (Wildman–Crippen LogP) is 2.50. The summed E-state index contributed by atoms with van der Waals surface area (Å²) in [5, 5.41) is 3.59. The Balaban J connectivity index is 1.77. The summed E-state index contributed by atoms with van der Waals surface area (Å²) in [7, 11) is 0. The maximum atomic E-state index is 11.9. The zero-order chi connectivity index (χ0) is 16.1. The normalized spacial score (nSPS) is 15.5. The molecular formula is C15H18Cl2N2O3. The van der Waals surface area contributed by atoms with Gasteiger partial charge in [0.15, 0.2) is 6.61 Å². The molecule has 0 unspecified atom stereocenters. The van der Waals surface area contributed by atoms with E-state index in [9.17, 15) is 9.59 Å². The molecule has 1 heterocycles. The Bertz CT molecular complexity index is 558. The van der Waals surface area contributed by atoms with Crippen molar-refractivity contribution in [2.45, 2.75) is 25.8 Å². The highest BCUT2D eigenvalue weighted by molar-refractivity contribution is 6.42. The fraction of sp³-hybridized carbons (Fsp3) is 0.467. The number of carbonyl (C=O) groups excluding carboxylic acids is 2. The van der Waals surface area contributed by atoms with E-state index in [1.165, 1.54) is 0 Å². The summed E-state index contributed by atoms with van der Waals surface area (Å²) in [6, 6.07) is 5.09. The molecule has 0 aliphatic carbocycles. The number of rotatable bonds is 4. The third-order valence-corrected chi connectivity index (χ3v) is 4.38. The van der Waals surface area contributed by atoms with Crippen LogP contribution in [-0.2, 0) is 9.59 Å². The van der Waals surface area contributed by atoms with E-state index in [-0.39, 0.29) is 24.5 Å². The SMILES string of the molecule is CC(=O)N1CCC(NC(=O)COc2cccc(Cl)c2Cl)CC1. The molecule has 0 spiro atoms. The van der Waals surface area contributed by atoms with Crippen molar-refractivity contribution in [1.82, 2.24) is 10.2 Å². The number of nitrogens with one attached hydrogen (secondary N) is 1. The topological polar surface area (TPSA) is 58.6 Å². The molecule has 1 aromatic carbocycles. The van der Waals surface area contributed by atoms with Gasteiger partial charge >= 0.3 is 0 Å². The van der Waals surface area contributed by atoms with Crippen LogP contribution < -0.4 is 10.1 Å². The second-order valence-electron chi connectivity index (χ2n) is 5.19. The summed E-state index contributed by atoms with van der Waals surface area (Å²) in [5.74, 6) is 0.247. The Hall–Kier alpha value is -1.46. The van der Waals surface area contributed by atoms with E-state index in [0.717, 1.165) is 12.8 Å². The molecule has 1 fully saturated rings. The summed E-state index contributed by atoms with van der Waals surface area (Å²) in [6.45, 7) is 2.77. The summed E-state index contributed by atoms with van der Waals surface area (Å²) in [4.78, 5) is 24.9. The second kappa shape index (κ2) is 7.70. The molecular weight excluding hydrogens is 327 g/mol. The number of hydrogen-bond acceptors (Lipinski definition) is 3. The lowest BCUT2D eigenvalue weighted by Crippen LogP contribution is -2.47. The number of hydrogen-bond donors (Lipinski definition) is 1. The summed E-state index contributed by atoms with van der Waals surface area (Å²) in [5.41, 5.74) is 0. The highest BCUT2D eigenvalue weighted by atomic mass is 35.5. The van der Waals surface area contributed by atoms with Crippen molar-refractivity contribution < 1.29 is 14.3 Å². The van der Waals surface area contributed by atoms with E-state index in [2.05, 4.69) is 5.32 Å². The minimum Gasteiger partial charge on any atom is -0.482 e. The Morgan fingerprint density at radius 1 is 1.32 bits per heavy atom. The number of halogens is 2. The van der Waals surface area contributed by atoms with Crippen molar-refractivity contribution in [2.24, 2.45) is 0 Å². The Morgan fingerprint density at radius 2 is 2.00 bits per heavy atom. The van der Waals surface area contributed by atoms with Crippen LogP contribution in [0.4, 0.5) is 0 Å². The number of ether oxygens (including phenoxy) is 1. The van der Waals surface area contributed by atoms with Gasteiger partial charge < -0.3 is 15.0 Å². The average molecular weight is 345 g/mol. The average Bonchev–Trinajstić information content (AvgIpc) is 2.49. The predicted molar refractivity (Wildman–Crippen MR) is 85.4 cm³/mol. The largest absolute Gasteiger partial charge is 0.482 e. The number of nitrogens with zero attached hydrogens (tertiary/aromatic N) is 1. The van der Waals surface area contributed by atoms with E-state index in [0.29, 0.717) is 28.9 Å². The molecule has 2 rings (SSSR count). The molecule has 0 saturated carbocycles. The van der Waals surface area contributed by atoms with E-state index in [4.69, 9.17) is 27.9 Å². The van der Waals surface area contributed by atoms with Gasteiger partial charge in [0.2, 0.25) is 5.91 Å². The highest BCUT2D eigenvalue weighted by Gasteiger charge is 2.22. The van der Waals surface area contributed by atoms with Gasteiger partial charge in [-0.3, -0.25) is 9.59 Å². The first-order valence-corrected chi connectivity index (χ1v) is 7.84. The Morgan fingerprint density at radius 3 is 2.64 bits per heavy atom. The number of carbonyl (C=O) groups is 2. The molecule has 1 saturated heterocycles. The molecule has 0 aromatic heterocycles. The number of benzene rings is 1. The van der Waals surface area contributed by atoms with Crippen LogP contribution in [0.25, 0.3) is 0 Å². The highest BCUT2D eigenvalue weighted by Crippen LogP contribution is 2.31. The van der Waals surface area contributed by atoms with Gasteiger partial charge in [-0.05, 0) is 25.0 Å². The zero-order valence-corrected chi connectivity index (χ0v) is 13.8. The standard InChI is InChI=1S/C15H18Cl2N2O3/c1-10(20)19-7-5-11(6-8-19)18-14(21)9-22-13-4-2-3-12(16)15(13)17/h2-4,11H,5-9H2,1H3,(H,18,21). The molecule has 0 atom stereocenters. The van der Waals surface area contributed by atoms with Gasteiger partial charge in [-0.1, -0.05) is 29.3 Å². The molecule has 1 aliphatic rings. The van der Waals surface area contributed by atoms with Gasteiger partial charge in [0, 0.05) is 26.1 Å². The van der Waals surface area contributed by atoms with E-state index in [1.54, 1.807) is 30.0 Å². The van der Waals surface area contributed by atoms with Gasteiger partial charge in [-0.2, -0.15) is 0 Å². The molecule has 0 radical (unpaired) electrons. The van der Waals surface area contributed by atoms with Gasteiger partial charge in [0.05, 0.1) is 5.02 Å². The lowest BCUT2D eigenvalue weighted by Gasteiger charge is -2.31. The summed E-state index contributed by atoms with van der Waals surface area (Å²) >= 11 is 11.9. The molecule has 1 N–H and O–H groups in total. The molecule has 0 bridgehead atoms. The molecule has 1 aromatic rings. The minimum absolute atomic E-state index is 0.0709. The quantitative estimate of drug-likeness (QED) is 0.912. The number of piperidine rings is 1. The van der Waals surface area contributed by atoms with Crippen LogP contribution in [0.15, 0.2) is 18.2 Å². The van der Waals surface area contributed by atoms with Crippen LogP contribution in [-0.4, -0.2) is 42.5 Å². The molecule has 2 amide bonds. The van der Waals surface area contributed by atoms with Crippen LogP contribution in [0.2, 0.25) is 10.0 Å². The molecule has 7 heteroatoms. The van der Waals surface area contributed by atoms with Crippen molar-refractivity contribution >= 4 is 35.0 Å². The van der Waals surface area contributed by atoms with Crippen LogP contribution >= 0.6 is 23.2 Å². The van der Waals surface area contributed by atoms with Crippen LogP contribution in [0.1, 0.15) is 19.8 Å². The van der Waals surface area contributed by atoms with Gasteiger partial charge in [-0.15, -0.1) is 0 Å². The first-order chi connectivity index (χ1) is 10.5. The van der Waals surface area contributed by atoms with Crippen LogP contribution in [0.5, 0.6) is 5.75 Å². The molecule has 120 valence electrons. The maximum Gasteiger partial charge on any atom is 0.258 e.